The van der Waals surface area contributed by atoms with Gasteiger partial charge in [-0.2, -0.15) is 0 Å². The zero-order valence-corrected chi connectivity index (χ0v) is 19.1. The summed E-state index contributed by atoms with van der Waals surface area (Å²) in [5, 5.41) is 0. The molecule has 0 bridgehead atoms. The van der Waals surface area contributed by atoms with Crippen molar-refractivity contribution in [3.8, 4) is 0 Å². The highest BCUT2D eigenvalue weighted by Crippen LogP contribution is 2.29. The van der Waals surface area contributed by atoms with E-state index in [1.54, 1.807) is 22.3 Å². The summed E-state index contributed by atoms with van der Waals surface area (Å²) >= 11 is 0. The van der Waals surface area contributed by atoms with E-state index in [1.165, 1.54) is 55.6 Å². The Kier molecular flexibility index (Phi) is 6.13. The standard InChI is InChI=1S/C27H38N2/c1-19(2)25-14-21(4)27-18-29(13-10-24(27)16-25)12-8-20(3)23-7-6-22-9-11-28(5)17-26(22)15-23/h6-7,14-16,19-20H,8-13,17-18H2,1-5H3. The molecule has 29 heavy (non-hydrogen) atoms. The highest BCUT2D eigenvalue weighted by Gasteiger charge is 2.20. The van der Waals surface area contributed by atoms with E-state index < -0.39 is 0 Å². The summed E-state index contributed by atoms with van der Waals surface area (Å²) in [4.78, 5) is 5.11. The maximum absolute atomic E-state index is 2.67. The largest absolute Gasteiger partial charge is 0.302 e. The average Bonchev–Trinajstić information content (AvgIpc) is 2.71. The predicted octanol–water partition coefficient (Wildman–Crippen LogP) is 5.66. The molecule has 2 aliphatic rings. The van der Waals surface area contributed by atoms with Crippen LogP contribution in [-0.2, 0) is 25.9 Å². The Morgan fingerprint density at radius 1 is 0.862 bits per heavy atom. The number of benzene rings is 2. The maximum atomic E-state index is 2.67. The summed E-state index contributed by atoms with van der Waals surface area (Å²) in [6.07, 6.45) is 3.65. The molecular formula is C27H38N2. The predicted molar refractivity (Wildman–Crippen MR) is 124 cm³/mol. The molecule has 2 aliphatic heterocycles. The Hall–Kier alpha value is -1.64. The first-order valence-electron chi connectivity index (χ1n) is 11.6. The van der Waals surface area contributed by atoms with Gasteiger partial charge in [0.25, 0.3) is 0 Å². The van der Waals surface area contributed by atoms with E-state index >= 15 is 0 Å². The van der Waals surface area contributed by atoms with Crippen LogP contribution in [0, 0.1) is 6.92 Å². The van der Waals surface area contributed by atoms with Gasteiger partial charge in [0.15, 0.2) is 0 Å². The zero-order chi connectivity index (χ0) is 20.5. The van der Waals surface area contributed by atoms with Crippen molar-refractivity contribution in [1.29, 1.82) is 0 Å². The molecule has 0 saturated carbocycles. The van der Waals surface area contributed by atoms with E-state index in [2.05, 4.69) is 74.9 Å². The highest BCUT2D eigenvalue weighted by atomic mass is 15.1. The first kappa shape index (κ1) is 20.6. The first-order valence-corrected chi connectivity index (χ1v) is 11.6. The molecule has 1 unspecified atom stereocenters. The van der Waals surface area contributed by atoms with Gasteiger partial charge in [0.2, 0.25) is 0 Å². The number of likely N-dealkylation sites (N-methyl/N-ethyl adjacent to an activating group) is 1. The molecule has 2 nitrogen and oxygen atoms in total. The second-order valence-corrected chi connectivity index (χ2v) is 9.86. The Bertz CT molecular complexity index is 867. The summed E-state index contributed by atoms with van der Waals surface area (Å²) in [6.45, 7) is 15.1. The fraction of sp³-hybridized carbons (Fsp3) is 0.556. The second-order valence-electron chi connectivity index (χ2n) is 9.86. The van der Waals surface area contributed by atoms with Crippen LogP contribution in [0.2, 0.25) is 0 Å². The Labute approximate surface area is 177 Å². The van der Waals surface area contributed by atoms with Crippen LogP contribution in [-0.4, -0.2) is 36.5 Å². The van der Waals surface area contributed by atoms with Crippen molar-refractivity contribution in [3.63, 3.8) is 0 Å². The van der Waals surface area contributed by atoms with Crippen LogP contribution in [0.25, 0.3) is 0 Å². The molecule has 1 atom stereocenters. The lowest BCUT2D eigenvalue weighted by molar-refractivity contribution is 0.245. The van der Waals surface area contributed by atoms with Crippen molar-refractivity contribution in [3.05, 3.63) is 69.3 Å². The number of aryl methyl sites for hydroxylation is 1. The van der Waals surface area contributed by atoms with Gasteiger partial charge in [-0.3, -0.25) is 4.90 Å². The quantitative estimate of drug-likeness (QED) is 0.650. The van der Waals surface area contributed by atoms with Gasteiger partial charge in [-0.05, 0) is 90.6 Å². The number of hydrogen-bond donors (Lipinski definition) is 0. The zero-order valence-electron chi connectivity index (χ0n) is 19.1. The van der Waals surface area contributed by atoms with Crippen molar-refractivity contribution in [1.82, 2.24) is 9.80 Å². The van der Waals surface area contributed by atoms with Crippen molar-refractivity contribution in [2.45, 2.75) is 71.9 Å². The van der Waals surface area contributed by atoms with Gasteiger partial charge >= 0.3 is 0 Å². The van der Waals surface area contributed by atoms with E-state index in [0.717, 1.165) is 13.1 Å². The molecule has 2 aromatic carbocycles. The van der Waals surface area contributed by atoms with Crippen LogP contribution >= 0.6 is 0 Å². The van der Waals surface area contributed by atoms with Gasteiger partial charge in [-0.25, -0.2) is 0 Å². The lowest BCUT2D eigenvalue weighted by atomic mass is 9.89. The monoisotopic (exact) mass is 390 g/mol. The SMILES string of the molecule is Cc1cc(C(C)C)cc2c1CN(CCC(C)c1ccc3c(c1)CN(C)CC3)CC2. The molecule has 0 spiro atoms. The molecule has 2 heterocycles. The molecule has 0 radical (unpaired) electrons. The van der Waals surface area contributed by atoms with Crippen molar-refractivity contribution < 1.29 is 0 Å². The molecule has 2 aromatic rings. The molecule has 0 aromatic heterocycles. The summed E-state index contributed by atoms with van der Waals surface area (Å²) < 4.78 is 0. The van der Waals surface area contributed by atoms with Gasteiger partial charge in [0.1, 0.15) is 0 Å². The number of hydrogen-bond acceptors (Lipinski definition) is 2. The number of nitrogens with zero attached hydrogens (tertiary/aromatic N) is 2. The third-order valence-electron chi connectivity index (χ3n) is 7.21. The second kappa shape index (κ2) is 8.62. The lowest BCUT2D eigenvalue weighted by Crippen LogP contribution is -2.32. The summed E-state index contributed by atoms with van der Waals surface area (Å²) in [6, 6.07) is 12.1. The fourth-order valence-corrected chi connectivity index (χ4v) is 5.04. The van der Waals surface area contributed by atoms with Crippen molar-refractivity contribution in [2.24, 2.45) is 0 Å². The molecular weight excluding hydrogens is 352 g/mol. The van der Waals surface area contributed by atoms with E-state index in [-0.39, 0.29) is 0 Å². The number of rotatable bonds is 5. The minimum absolute atomic E-state index is 0.620. The molecule has 156 valence electrons. The molecule has 0 amide bonds. The Morgan fingerprint density at radius 2 is 1.62 bits per heavy atom. The van der Waals surface area contributed by atoms with Gasteiger partial charge in [-0.1, -0.05) is 51.1 Å². The average molecular weight is 391 g/mol. The molecule has 0 saturated heterocycles. The first-order chi connectivity index (χ1) is 13.9. The number of fused-ring (bicyclic) bond motifs is 2. The third-order valence-corrected chi connectivity index (χ3v) is 7.21. The summed E-state index contributed by atoms with van der Waals surface area (Å²) in [5.41, 5.74) is 10.8. The van der Waals surface area contributed by atoms with Crippen LogP contribution in [0.5, 0.6) is 0 Å². The van der Waals surface area contributed by atoms with E-state index in [1.807, 2.05) is 0 Å². The van der Waals surface area contributed by atoms with Crippen molar-refractivity contribution in [2.75, 3.05) is 26.7 Å². The van der Waals surface area contributed by atoms with Crippen LogP contribution in [0.15, 0.2) is 30.3 Å². The van der Waals surface area contributed by atoms with Crippen LogP contribution < -0.4 is 0 Å². The van der Waals surface area contributed by atoms with Crippen LogP contribution in [0.4, 0.5) is 0 Å². The van der Waals surface area contributed by atoms with E-state index in [9.17, 15) is 0 Å². The Morgan fingerprint density at radius 3 is 2.41 bits per heavy atom. The molecule has 4 rings (SSSR count). The minimum Gasteiger partial charge on any atom is -0.302 e. The van der Waals surface area contributed by atoms with Crippen molar-refractivity contribution >= 4 is 0 Å². The molecule has 0 N–H and O–H groups in total. The van der Waals surface area contributed by atoms with Gasteiger partial charge in [0, 0.05) is 26.2 Å². The van der Waals surface area contributed by atoms with E-state index in [0.29, 0.717) is 11.8 Å². The minimum atomic E-state index is 0.620. The third kappa shape index (κ3) is 4.59. The summed E-state index contributed by atoms with van der Waals surface area (Å²) in [7, 11) is 2.24. The normalized spacial score (nSPS) is 18.6. The fourth-order valence-electron chi connectivity index (χ4n) is 5.04. The summed E-state index contributed by atoms with van der Waals surface area (Å²) in [5.74, 6) is 1.24. The van der Waals surface area contributed by atoms with Crippen LogP contribution in [0.3, 0.4) is 0 Å². The molecule has 2 heteroatoms. The maximum Gasteiger partial charge on any atom is 0.0239 e. The smallest absolute Gasteiger partial charge is 0.0239 e. The van der Waals surface area contributed by atoms with Crippen LogP contribution in [0.1, 0.15) is 78.0 Å². The lowest BCUT2D eigenvalue weighted by Gasteiger charge is -2.31. The van der Waals surface area contributed by atoms with E-state index in [4.69, 9.17) is 0 Å². The highest BCUT2D eigenvalue weighted by molar-refractivity contribution is 5.41. The molecule has 0 aliphatic carbocycles. The van der Waals surface area contributed by atoms with Gasteiger partial charge in [-0.15, -0.1) is 0 Å². The topological polar surface area (TPSA) is 6.48 Å². The van der Waals surface area contributed by atoms with Gasteiger partial charge < -0.3 is 4.90 Å². The van der Waals surface area contributed by atoms with Gasteiger partial charge in [0.05, 0.1) is 0 Å². The molecule has 0 fully saturated rings. The Balaban J connectivity index is 1.38.